The average Bonchev–Trinajstić information content (AvgIpc) is 2.69. The Bertz CT molecular complexity index is 974. The Morgan fingerprint density at radius 1 is 1.00 bits per heavy atom. The largest absolute Gasteiger partial charge is 0.492 e. The maximum Gasteiger partial charge on any atom is 0.259 e. The van der Waals surface area contributed by atoms with E-state index >= 15 is 0 Å². The average molecular weight is 436 g/mol. The van der Waals surface area contributed by atoms with Crippen LogP contribution in [0.4, 0.5) is 5.69 Å². The summed E-state index contributed by atoms with van der Waals surface area (Å²) >= 11 is 0. The van der Waals surface area contributed by atoms with E-state index in [1.807, 2.05) is 0 Å². The normalized spacial score (nSPS) is 10.8. The van der Waals surface area contributed by atoms with Crippen molar-refractivity contribution in [1.29, 1.82) is 0 Å². The van der Waals surface area contributed by atoms with Crippen molar-refractivity contribution < 1.29 is 27.5 Å². The summed E-state index contributed by atoms with van der Waals surface area (Å²) < 4.78 is 35.8. The summed E-state index contributed by atoms with van der Waals surface area (Å²) in [6.45, 7) is 0.296. The monoisotopic (exact) mass is 435 g/mol. The Hall–Kier alpha value is -3.27. The fourth-order valence-electron chi connectivity index (χ4n) is 2.31. The molecule has 2 rings (SSSR count). The third kappa shape index (κ3) is 7.63. The molecule has 0 atom stereocenters. The number of anilines is 1. The molecule has 30 heavy (non-hydrogen) atoms. The molecule has 0 fully saturated rings. The smallest absolute Gasteiger partial charge is 0.259 e. The van der Waals surface area contributed by atoms with Gasteiger partial charge in [0.15, 0.2) is 6.61 Å². The molecule has 162 valence electrons. The van der Waals surface area contributed by atoms with Crippen LogP contribution in [0.3, 0.4) is 0 Å². The van der Waals surface area contributed by atoms with Gasteiger partial charge in [-0.2, -0.15) is 0 Å². The summed E-state index contributed by atoms with van der Waals surface area (Å²) in [4.78, 5) is 25.5. The van der Waals surface area contributed by atoms with Gasteiger partial charge in [0.2, 0.25) is 10.0 Å². The number of carbonyl (C=O) groups is 2. The minimum Gasteiger partial charge on any atom is -0.492 e. The first-order valence-electron chi connectivity index (χ1n) is 9.06. The number of hydrogen-bond donors (Lipinski definition) is 2. The van der Waals surface area contributed by atoms with Crippen LogP contribution in [0.5, 0.6) is 11.5 Å². The van der Waals surface area contributed by atoms with Gasteiger partial charge < -0.3 is 19.7 Å². The highest BCUT2D eigenvalue weighted by Gasteiger charge is 2.13. The summed E-state index contributed by atoms with van der Waals surface area (Å²) in [6.07, 6.45) is 1.07. The fourth-order valence-corrected chi connectivity index (χ4v) is 2.87. The van der Waals surface area contributed by atoms with Crippen molar-refractivity contribution in [3.8, 4) is 11.5 Å². The zero-order valence-electron chi connectivity index (χ0n) is 17.0. The Morgan fingerprint density at radius 3 is 2.30 bits per heavy atom. The molecule has 9 nitrogen and oxygen atoms in total. The van der Waals surface area contributed by atoms with Gasteiger partial charge in [0.1, 0.15) is 18.1 Å². The van der Waals surface area contributed by atoms with E-state index in [1.54, 1.807) is 62.6 Å². The van der Waals surface area contributed by atoms with Crippen molar-refractivity contribution in [2.45, 2.75) is 0 Å². The first kappa shape index (κ1) is 23.0. The molecule has 0 aliphatic carbocycles. The predicted molar refractivity (Wildman–Crippen MR) is 113 cm³/mol. The number of nitrogens with zero attached hydrogens (tertiary/aromatic N) is 1. The van der Waals surface area contributed by atoms with Crippen LogP contribution in [0, 0.1) is 0 Å². The first-order valence-corrected chi connectivity index (χ1v) is 11.0. The third-order valence-electron chi connectivity index (χ3n) is 3.80. The molecule has 0 aliphatic rings. The Labute approximate surface area is 176 Å². The van der Waals surface area contributed by atoms with Gasteiger partial charge >= 0.3 is 0 Å². The van der Waals surface area contributed by atoms with Crippen LogP contribution in [-0.4, -0.2) is 65.2 Å². The zero-order valence-corrected chi connectivity index (χ0v) is 17.9. The summed E-state index contributed by atoms with van der Waals surface area (Å²) in [7, 11) is -0.0832. The molecule has 2 aromatic rings. The van der Waals surface area contributed by atoms with E-state index in [9.17, 15) is 18.0 Å². The summed E-state index contributed by atoms with van der Waals surface area (Å²) in [6, 6.07) is 13.1. The second-order valence-corrected chi connectivity index (χ2v) is 8.32. The van der Waals surface area contributed by atoms with Crippen molar-refractivity contribution in [2.24, 2.45) is 0 Å². The van der Waals surface area contributed by atoms with Gasteiger partial charge in [-0.15, -0.1) is 0 Å². The highest BCUT2D eigenvalue weighted by molar-refractivity contribution is 7.92. The van der Waals surface area contributed by atoms with Crippen LogP contribution in [0.25, 0.3) is 0 Å². The topological polar surface area (TPSA) is 114 Å². The first-order chi connectivity index (χ1) is 14.2. The lowest BCUT2D eigenvalue weighted by Gasteiger charge is -2.14. The fraction of sp³-hybridized carbons (Fsp3) is 0.300. The molecular weight excluding hydrogens is 410 g/mol. The predicted octanol–water partition coefficient (Wildman–Crippen LogP) is 1.33. The maximum absolute atomic E-state index is 12.4. The molecule has 0 heterocycles. The van der Waals surface area contributed by atoms with Gasteiger partial charge in [-0.05, 0) is 36.4 Å². The SMILES string of the molecule is CN(C)C(=O)COc1ccccc1C(=O)NCCOc1ccc(NS(C)(=O)=O)cc1. The number of para-hydroxylation sites is 1. The summed E-state index contributed by atoms with van der Waals surface area (Å²) in [5, 5.41) is 2.73. The number of amides is 2. The van der Waals surface area contributed by atoms with E-state index in [4.69, 9.17) is 9.47 Å². The third-order valence-corrected chi connectivity index (χ3v) is 4.40. The molecule has 2 aromatic carbocycles. The lowest BCUT2D eigenvalue weighted by molar-refractivity contribution is -0.130. The standard InChI is InChI=1S/C20H25N3O6S/c1-23(2)19(24)14-29-18-7-5-4-6-17(18)20(25)21-12-13-28-16-10-8-15(9-11-16)22-30(3,26)27/h4-11,22H,12-14H2,1-3H3,(H,21,25). The molecule has 10 heteroatoms. The molecule has 0 saturated heterocycles. The van der Waals surface area contributed by atoms with Crippen LogP contribution in [0.2, 0.25) is 0 Å². The molecule has 0 spiro atoms. The van der Waals surface area contributed by atoms with Crippen molar-refractivity contribution in [2.75, 3.05) is 44.8 Å². The molecule has 2 N–H and O–H groups in total. The van der Waals surface area contributed by atoms with Crippen LogP contribution in [0.15, 0.2) is 48.5 Å². The second kappa shape index (κ2) is 10.5. The van der Waals surface area contributed by atoms with Crippen molar-refractivity contribution in [1.82, 2.24) is 10.2 Å². The maximum atomic E-state index is 12.4. The summed E-state index contributed by atoms with van der Waals surface area (Å²) in [5.41, 5.74) is 0.753. The van der Waals surface area contributed by atoms with E-state index in [-0.39, 0.29) is 31.6 Å². The van der Waals surface area contributed by atoms with E-state index in [0.717, 1.165) is 6.26 Å². The van der Waals surface area contributed by atoms with Gasteiger partial charge in [0, 0.05) is 19.8 Å². The number of rotatable bonds is 10. The molecule has 0 bridgehead atoms. The molecule has 0 aromatic heterocycles. The molecule has 0 unspecified atom stereocenters. The number of nitrogens with one attached hydrogen (secondary N) is 2. The van der Waals surface area contributed by atoms with Crippen molar-refractivity contribution in [3.63, 3.8) is 0 Å². The quantitative estimate of drug-likeness (QED) is 0.545. The van der Waals surface area contributed by atoms with E-state index in [2.05, 4.69) is 10.0 Å². The van der Waals surface area contributed by atoms with Crippen LogP contribution in [0.1, 0.15) is 10.4 Å². The number of hydrogen-bond acceptors (Lipinski definition) is 6. The molecule has 0 aliphatic heterocycles. The van der Waals surface area contributed by atoms with Crippen LogP contribution < -0.4 is 19.5 Å². The minimum absolute atomic E-state index is 0.162. The second-order valence-electron chi connectivity index (χ2n) is 6.58. The Morgan fingerprint density at radius 2 is 1.67 bits per heavy atom. The van der Waals surface area contributed by atoms with Crippen LogP contribution >= 0.6 is 0 Å². The number of carbonyl (C=O) groups excluding carboxylic acids is 2. The number of ether oxygens (including phenoxy) is 2. The van der Waals surface area contributed by atoms with Gasteiger partial charge in [0.25, 0.3) is 11.8 Å². The Balaban J connectivity index is 1.83. The number of benzene rings is 2. The van der Waals surface area contributed by atoms with E-state index < -0.39 is 10.0 Å². The van der Waals surface area contributed by atoms with Gasteiger partial charge in [-0.3, -0.25) is 14.3 Å². The van der Waals surface area contributed by atoms with Crippen LogP contribution in [-0.2, 0) is 14.8 Å². The minimum atomic E-state index is -3.33. The molecule has 0 radical (unpaired) electrons. The highest BCUT2D eigenvalue weighted by Crippen LogP contribution is 2.18. The molecule has 0 saturated carbocycles. The molecule has 2 amide bonds. The van der Waals surface area contributed by atoms with Gasteiger partial charge in [0.05, 0.1) is 18.4 Å². The molecular formula is C20H25N3O6S. The Kier molecular flexibility index (Phi) is 8.05. The lowest BCUT2D eigenvalue weighted by Crippen LogP contribution is -2.30. The zero-order chi connectivity index (χ0) is 22.1. The number of sulfonamides is 1. The number of likely N-dealkylation sites (N-methyl/N-ethyl adjacent to an activating group) is 1. The van der Waals surface area contributed by atoms with Gasteiger partial charge in [-0.25, -0.2) is 8.42 Å². The van der Waals surface area contributed by atoms with E-state index in [1.165, 1.54) is 4.90 Å². The van der Waals surface area contributed by atoms with Crippen molar-refractivity contribution >= 4 is 27.5 Å². The van der Waals surface area contributed by atoms with E-state index in [0.29, 0.717) is 22.7 Å². The van der Waals surface area contributed by atoms with Gasteiger partial charge in [-0.1, -0.05) is 12.1 Å². The summed E-state index contributed by atoms with van der Waals surface area (Å²) in [5.74, 6) is 0.296. The van der Waals surface area contributed by atoms with Crippen molar-refractivity contribution in [3.05, 3.63) is 54.1 Å². The lowest BCUT2D eigenvalue weighted by atomic mass is 10.2. The highest BCUT2D eigenvalue weighted by atomic mass is 32.2.